The topological polar surface area (TPSA) is 33.7 Å². The molecule has 2 heterocycles. The van der Waals surface area contributed by atoms with Gasteiger partial charge in [0.2, 0.25) is 0 Å². The van der Waals surface area contributed by atoms with E-state index in [0.717, 1.165) is 39.5 Å². The van der Waals surface area contributed by atoms with Crippen LogP contribution in [0.2, 0.25) is 0 Å². The van der Waals surface area contributed by atoms with Gasteiger partial charge in [-0.2, -0.15) is 0 Å². The Morgan fingerprint density at radius 2 is 2.22 bits per heavy atom. The molecule has 2 aliphatic heterocycles. The van der Waals surface area contributed by atoms with Crippen molar-refractivity contribution in [2.45, 2.75) is 38.8 Å². The summed E-state index contributed by atoms with van der Waals surface area (Å²) in [5.41, 5.74) is 0. The summed E-state index contributed by atoms with van der Waals surface area (Å²) in [5, 5.41) is 3.54. The minimum Gasteiger partial charge on any atom is -0.379 e. The number of likely N-dealkylation sites (N-methyl/N-ethyl adjacent to an activating group) is 1. The maximum absolute atomic E-state index is 5.76. The van der Waals surface area contributed by atoms with Crippen molar-refractivity contribution in [3.63, 3.8) is 0 Å². The number of rotatable bonds is 6. The second kappa shape index (κ2) is 7.43. The van der Waals surface area contributed by atoms with E-state index >= 15 is 0 Å². The Kier molecular flexibility index (Phi) is 5.89. The summed E-state index contributed by atoms with van der Waals surface area (Å²) in [4.78, 5) is 2.56. The Labute approximate surface area is 111 Å². The lowest BCUT2D eigenvalue weighted by molar-refractivity contribution is 0.000738. The van der Waals surface area contributed by atoms with Crippen molar-refractivity contribution in [3.05, 3.63) is 0 Å². The van der Waals surface area contributed by atoms with Crippen molar-refractivity contribution in [2.75, 3.05) is 46.0 Å². The first-order valence-corrected chi connectivity index (χ1v) is 7.48. The summed E-state index contributed by atoms with van der Waals surface area (Å²) >= 11 is 0. The van der Waals surface area contributed by atoms with Crippen molar-refractivity contribution in [3.8, 4) is 0 Å². The molecule has 0 bridgehead atoms. The molecule has 106 valence electrons. The number of likely N-dealkylation sites (tertiary alicyclic amines) is 1. The van der Waals surface area contributed by atoms with Gasteiger partial charge in [-0.15, -0.1) is 0 Å². The normalized spacial score (nSPS) is 34.0. The van der Waals surface area contributed by atoms with E-state index in [1.165, 1.54) is 19.4 Å². The summed E-state index contributed by atoms with van der Waals surface area (Å²) in [6.07, 6.45) is 2.94. The fourth-order valence-electron chi connectivity index (χ4n) is 3.15. The lowest BCUT2D eigenvalue weighted by Crippen LogP contribution is -2.46. The van der Waals surface area contributed by atoms with E-state index in [1.54, 1.807) is 0 Å². The zero-order chi connectivity index (χ0) is 12.8. The van der Waals surface area contributed by atoms with E-state index in [1.807, 2.05) is 0 Å². The smallest absolute Gasteiger partial charge is 0.0702 e. The van der Waals surface area contributed by atoms with Crippen LogP contribution in [0.1, 0.15) is 26.7 Å². The molecule has 0 aliphatic carbocycles. The molecular weight excluding hydrogens is 228 g/mol. The highest BCUT2D eigenvalue weighted by Gasteiger charge is 2.30. The van der Waals surface area contributed by atoms with Gasteiger partial charge >= 0.3 is 0 Å². The first-order valence-electron chi connectivity index (χ1n) is 7.48. The van der Waals surface area contributed by atoms with Crippen molar-refractivity contribution in [1.82, 2.24) is 10.2 Å². The van der Waals surface area contributed by atoms with Crippen molar-refractivity contribution >= 4 is 0 Å². The third-order valence-corrected chi connectivity index (χ3v) is 4.02. The zero-order valence-electron chi connectivity index (χ0n) is 11.9. The standard InChI is InChI=1S/C14H28N2O2/c1-3-15-14-11-17-10-12(14)8-16-7-5-6-13(9-16)18-4-2/h12-15H,3-11H2,1-2H3. The van der Waals surface area contributed by atoms with Gasteiger partial charge in [-0.3, -0.25) is 0 Å². The minimum absolute atomic E-state index is 0.448. The van der Waals surface area contributed by atoms with Crippen molar-refractivity contribution in [1.29, 1.82) is 0 Å². The first kappa shape index (κ1) is 14.3. The molecule has 0 saturated carbocycles. The summed E-state index contributed by atoms with van der Waals surface area (Å²) in [6, 6.07) is 0.544. The summed E-state index contributed by atoms with van der Waals surface area (Å²) in [7, 11) is 0. The van der Waals surface area contributed by atoms with E-state index < -0.39 is 0 Å². The summed E-state index contributed by atoms with van der Waals surface area (Å²) in [5.74, 6) is 0.644. The number of piperidine rings is 1. The van der Waals surface area contributed by atoms with Crippen LogP contribution in [0.25, 0.3) is 0 Å². The highest BCUT2D eigenvalue weighted by Crippen LogP contribution is 2.19. The fourth-order valence-corrected chi connectivity index (χ4v) is 3.15. The largest absolute Gasteiger partial charge is 0.379 e. The highest BCUT2D eigenvalue weighted by molar-refractivity contribution is 4.85. The van der Waals surface area contributed by atoms with Gasteiger partial charge in [-0.25, -0.2) is 0 Å². The Bertz CT molecular complexity index is 236. The molecule has 4 heteroatoms. The molecule has 0 aromatic rings. The van der Waals surface area contributed by atoms with E-state index in [4.69, 9.17) is 9.47 Å². The highest BCUT2D eigenvalue weighted by atomic mass is 16.5. The molecule has 3 unspecified atom stereocenters. The Balaban J connectivity index is 1.77. The molecule has 0 aromatic heterocycles. The second-order valence-corrected chi connectivity index (χ2v) is 5.44. The number of hydrogen-bond donors (Lipinski definition) is 1. The van der Waals surface area contributed by atoms with Gasteiger partial charge in [0.05, 0.1) is 19.3 Å². The number of hydrogen-bond acceptors (Lipinski definition) is 4. The van der Waals surface area contributed by atoms with Crippen LogP contribution in [-0.4, -0.2) is 63.0 Å². The van der Waals surface area contributed by atoms with E-state index in [2.05, 4.69) is 24.1 Å². The molecule has 4 nitrogen and oxygen atoms in total. The van der Waals surface area contributed by atoms with Gasteiger partial charge < -0.3 is 19.7 Å². The first-order chi connectivity index (χ1) is 8.83. The molecule has 2 saturated heterocycles. The van der Waals surface area contributed by atoms with Crippen molar-refractivity contribution < 1.29 is 9.47 Å². The quantitative estimate of drug-likeness (QED) is 0.772. The van der Waals surface area contributed by atoms with Gasteiger partial charge in [0.1, 0.15) is 0 Å². The van der Waals surface area contributed by atoms with Gasteiger partial charge in [-0.1, -0.05) is 6.92 Å². The SMILES string of the molecule is CCNC1COCC1CN1CCCC(OCC)C1. The lowest BCUT2D eigenvalue weighted by atomic mass is 10.0. The van der Waals surface area contributed by atoms with Crippen LogP contribution in [0.15, 0.2) is 0 Å². The molecule has 2 fully saturated rings. The molecule has 18 heavy (non-hydrogen) atoms. The van der Waals surface area contributed by atoms with Crippen LogP contribution in [0, 0.1) is 5.92 Å². The number of ether oxygens (including phenoxy) is 2. The Morgan fingerprint density at radius 3 is 3.00 bits per heavy atom. The summed E-state index contributed by atoms with van der Waals surface area (Å²) in [6.45, 7) is 11.4. The number of nitrogens with one attached hydrogen (secondary N) is 1. The Morgan fingerprint density at radius 1 is 1.33 bits per heavy atom. The Hall–Kier alpha value is -0.160. The molecule has 0 aromatic carbocycles. The van der Waals surface area contributed by atoms with Crippen LogP contribution in [0.5, 0.6) is 0 Å². The maximum Gasteiger partial charge on any atom is 0.0702 e. The average Bonchev–Trinajstić information content (AvgIpc) is 2.78. The predicted octanol–water partition coefficient (Wildman–Crippen LogP) is 1.11. The average molecular weight is 256 g/mol. The predicted molar refractivity (Wildman–Crippen MR) is 72.9 cm³/mol. The van der Waals surface area contributed by atoms with Crippen LogP contribution in [-0.2, 0) is 9.47 Å². The van der Waals surface area contributed by atoms with Crippen LogP contribution >= 0.6 is 0 Å². The molecular formula is C14H28N2O2. The van der Waals surface area contributed by atoms with Gasteiger partial charge in [0.25, 0.3) is 0 Å². The van der Waals surface area contributed by atoms with Crippen LogP contribution in [0.3, 0.4) is 0 Å². The van der Waals surface area contributed by atoms with Crippen LogP contribution in [0.4, 0.5) is 0 Å². The number of nitrogens with zero attached hydrogens (tertiary/aromatic N) is 1. The molecule has 0 spiro atoms. The fraction of sp³-hybridized carbons (Fsp3) is 1.00. The monoisotopic (exact) mass is 256 g/mol. The molecule has 1 N–H and O–H groups in total. The second-order valence-electron chi connectivity index (χ2n) is 5.44. The summed E-state index contributed by atoms with van der Waals surface area (Å²) < 4.78 is 11.4. The van der Waals surface area contributed by atoms with Gasteiger partial charge in [0, 0.05) is 31.7 Å². The maximum atomic E-state index is 5.76. The van der Waals surface area contributed by atoms with E-state index in [0.29, 0.717) is 18.1 Å². The molecule has 3 atom stereocenters. The van der Waals surface area contributed by atoms with Crippen LogP contribution < -0.4 is 5.32 Å². The molecule has 0 radical (unpaired) electrons. The van der Waals surface area contributed by atoms with Crippen molar-refractivity contribution in [2.24, 2.45) is 5.92 Å². The van der Waals surface area contributed by atoms with E-state index in [-0.39, 0.29) is 0 Å². The molecule has 2 rings (SSSR count). The minimum atomic E-state index is 0.448. The van der Waals surface area contributed by atoms with E-state index in [9.17, 15) is 0 Å². The third kappa shape index (κ3) is 3.92. The zero-order valence-corrected chi connectivity index (χ0v) is 11.9. The van der Waals surface area contributed by atoms with Gasteiger partial charge in [-0.05, 0) is 32.9 Å². The third-order valence-electron chi connectivity index (χ3n) is 4.02. The molecule has 0 amide bonds. The molecule has 2 aliphatic rings. The lowest BCUT2D eigenvalue weighted by Gasteiger charge is -2.34. The van der Waals surface area contributed by atoms with Gasteiger partial charge in [0.15, 0.2) is 0 Å².